The van der Waals surface area contributed by atoms with E-state index in [0.29, 0.717) is 0 Å². The van der Waals surface area contributed by atoms with Crippen LogP contribution in [0.15, 0.2) is 48.5 Å². The fraction of sp³-hybridized carbons (Fsp3) is 0.381. The Morgan fingerprint density at radius 2 is 1.79 bits per heavy atom. The molecule has 1 aliphatic rings. The van der Waals surface area contributed by atoms with E-state index in [4.69, 9.17) is 0 Å². The Morgan fingerprint density at radius 3 is 2.50 bits per heavy atom. The molecule has 0 fully saturated rings. The first-order valence-corrected chi connectivity index (χ1v) is 8.96. The van der Waals surface area contributed by atoms with Gasteiger partial charge in [0.05, 0.1) is 6.04 Å². The van der Waals surface area contributed by atoms with E-state index in [2.05, 4.69) is 48.3 Å². The smallest absolute Gasteiger partial charge is 0.251 e. The van der Waals surface area contributed by atoms with Gasteiger partial charge in [-0.15, -0.1) is 0 Å². The molecule has 1 amide bonds. The SMILES string of the molecule is CCN(CC)c1ccc(C(=O)N[C@@H]2CCCc3ccccc32)cc1. The molecule has 2 aromatic rings. The zero-order valence-corrected chi connectivity index (χ0v) is 14.6. The van der Waals surface area contributed by atoms with Crippen LogP contribution in [0.4, 0.5) is 5.69 Å². The molecule has 0 aliphatic heterocycles. The normalized spacial score (nSPS) is 16.3. The fourth-order valence-electron chi connectivity index (χ4n) is 3.56. The van der Waals surface area contributed by atoms with Crippen LogP contribution in [0.3, 0.4) is 0 Å². The quantitative estimate of drug-likeness (QED) is 0.888. The molecule has 0 spiro atoms. The number of aryl methyl sites for hydroxylation is 1. The molecule has 0 unspecified atom stereocenters. The van der Waals surface area contributed by atoms with E-state index >= 15 is 0 Å². The molecular weight excluding hydrogens is 296 g/mol. The van der Waals surface area contributed by atoms with Gasteiger partial charge in [0.2, 0.25) is 0 Å². The summed E-state index contributed by atoms with van der Waals surface area (Å²) < 4.78 is 0. The number of rotatable bonds is 5. The molecule has 1 aliphatic carbocycles. The topological polar surface area (TPSA) is 32.3 Å². The van der Waals surface area contributed by atoms with Crippen molar-refractivity contribution in [3.63, 3.8) is 0 Å². The highest BCUT2D eigenvalue weighted by atomic mass is 16.1. The van der Waals surface area contributed by atoms with Crippen LogP contribution in [0.5, 0.6) is 0 Å². The van der Waals surface area contributed by atoms with Crippen LogP contribution in [-0.4, -0.2) is 19.0 Å². The molecule has 3 rings (SSSR count). The zero-order chi connectivity index (χ0) is 16.9. The van der Waals surface area contributed by atoms with Crippen molar-refractivity contribution in [3.05, 3.63) is 65.2 Å². The van der Waals surface area contributed by atoms with E-state index < -0.39 is 0 Å². The largest absolute Gasteiger partial charge is 0.372 e. The second-order valence-electron chi connectivity index (χ2n) is 6.34. The minimum atomic E-state index is 0.0165. The highest BCUT2D eigenvalue weighted by molar-refractivity contribution is 5.94. The Balaban J connectivity index is 1.72. The van der Waals surface area contributed by atoms with Gasteiger partial charge >= 0.3 is 0 Å². The van der Waals surface area contributed by atoms with Gasteiger partial charge in [0, 0.05) is 24.3 Å². The average Bonchev–Trinajstić information content (AvgIpc) is 2.63. The second kappa shape index (κ2) is 7.52. The Morgan fingerprint density at radius 1 is 1.08 bits per heavy atom. The monoisotopic (exact) mass is 322 g/mol. The third-order valence-corrected chi connectivity index (χ3v) is 4.93. The number of hydrogen-bond donors (Lipinski definition) is 1. The lowest BCUT2D eigenvalue weighted by Gasteiger charge is -2.26. The number of nitrogens with one attached hydrogen (secondary N) is 1. The molecule has 0 aromatic heterocycles. The summed E-state index contributed by atoms with van der Waals surface area (Å²) in [6, 6.07) is 16.5. The van der Waals surface area contributed by atoms with Gasteiger partial charge in [-0.05, 0) is 68.5 Å². The van der Waals surface area contributed by atoms with Gasteiger partial charge in [0.15, 0.2) is 0 Å². The van der Waals surface area contributed by atoms with Crippen molar-refractivity contribution in [1.82, 2.24) is 5.32 Å². The third kappa shape index (κ3) is 3.45. The maximum Gasteiger partial charge on any atom is 0.251 e. The van der Waals surface area contributed by atoms with Crippen LogP contribution in [0.1, 0.15) is 54.2 Å². The van der Waals surface area contributed by atoms with Crippen LogP contribution in [0.2, 0.25) is 0 Å². The number of carbonyl (C=O) groups excluding carboxylic acids is 1. The van der Waals surface area contributed by atoms with E-state index in [9.17, 15) is 4.79 Å². The second-order valence-corrected chi connectivity index (χ2v) is 6.34. The summed E-state index contributed by atoms with van der Waals surface area (Å²) in [4.78, 5) is 14.9. The minimum Gasteiger partial charge on any atom is -0.372 e. The number of benzene rings is 2. The molecule has 0 heterocycles. The molecule has 2 aromatic carbocycles. The minimum absolute atomic E-state index is 0.0165. The molecule has 0 saturated heterocycles. The molecule has 126 valence electrons. The molecular formula is C21H26N2O. The fourth-order valence-corrected chi connectivity index (χ4v) is 3.56. The summed E-state index contributed by atoms with van der Waals surface area (Å²) in [5.74, 6) is 0.0165. The number of nitrogens with zero attached hydrogens (tertiary/aromatic N) is 1. The van der Waals surface area contributed by atoms with E-state index in [1.54, 1.807) is 0 Å². The van der Waals surface area contributed by atoms with E-state index in [1.165, 1.54) is 16.8 Å². The Kier molecular flexibility index (Phi) is 5.19. The molecule has 0 saturated carbocycles. The summed E-state index contributed by atoms with van der Waals surface area (Å²) in [5, 5.41) is 3.22. The maximum absolute atomic E-state index is 12.6. The van der Waals surface area contributed by atoms with Crippen molar-refractivity contribution in [1.29, 1.82) is 0 Å². The lowest BCUT2D eigenvalue weighted by Crippen LogP contribution is -2.31. The first-order chi connectivity index (χ1) is 11.7. The standard InChI is InChI=1S/C21H26N2O/c1-3-23(4-2)18-14-12-17(13-15-18)21(24)22-20-11-7-9-16-8-5-6-10-19(16)20/h5-6,8,10,12-15,20H,3-4,7,9,11H2,1-2H3,(H,22,24)/t20-/m1/s1. The van der Waals surface area contributed by atoms with Crippen LogP contribution in [-0.2, 0) is 6.42 Å². The van der Waals surface area contributed by atoms with Crippen LogP contribution >= 0.6 is 0 Å². The van der Waals surface area contributed by atoms with Gasteiger partial charge in [0.1, 0.15) is 0 Å². The molecule has 24 heavy (non-hydrogen) atoms. The lowest BCUT2D eigenvalue weighted by molar-refractivity contribution is 0.0933. The number of carbonyl (C=O) groups is 1. The summed E-state index contributed by atoms with van der Waals surface area (Å²) in [6.07, 6.45) is 3.25. The highest BCUT2D eigenvalue weighted by Gasteiger charge is 2.21. The predicted molar refractivity (Wildman–Crippen MR) is 99.6 cm³/mol. The Bertz CT molecular complexity index is 689. The van der Waals surface area contributed by atoms with Gasteiger partial charge < -0.3 is 10.2 Å². The van der Waals surface area contributed by atoms with E-state index in [-0.39, 0.29) is 11.9 Å². The first kappa shape index (κ1) is 16.6. The van der Waals surface area contributed by atoms with Crippen molar-refractivity contribution in [2.45, 2.75) is 39.2 Å². The highest BCUT2D eigenvalue weighted by Crippen LogP contribution is 2.29. The molecule has 1 N–H and O–H groups in total. The van der Waals surface area contributed by atoms with Crippen LogP contribution < -0.4 is 10.2 Å². The number of anilines is 1. The maximum atomic E-state index is 12.6. The van der Waals surface area contributed by atoms with Gasteiger partial charge in [-0.25, -0.2) is 0 Å². The number of hydrogen-bond acceptors (Lipinski definition) is 2. The van der Waals surface area contributed by atoms with Crippen LogP contribution in [0.25, 0.3) is 0 Å². The van der Waals surface area contributed by atoms with Crippen molar-refractivity contribution in [2.24, 2.45) is 0 Å². The van der Waals surface area contributed by atoms with Crippen LogP contribution in [0, 0.1) is 0 Å². The molecule has 3 heteroatoms. The number of fused-ring (bicyclic) bond motifs is 1. The first-order valence-electron chi connectivity index (χ1n) is 8.96. The van der Waals surface area contributed by atoms with Gasteiger partial charge in [0.25, 0.3) is 5.91 Å². The summed E-state index contributed by atoms with van der Waals surface area (Å²) in [7, 11) is 0. The van der Waals surface area contributed by atoms with Gasteiger partial charge in [-0.2, -0.15) is 0 Å². The van der Waals surface area contributed by atoms with E-state index in [1.807, 2.05) is 24.3 Å². The zero-order valence-electron chi connectivity index (χ0n) is 14.6. The summed E-state index contributed by atoms with van der Waals surface area (Å²) in [6.45, 7) is 6.23. The Hall–Kier alpha value is -2.29. The lowest BCUT2D eigenvalue weighted by atomic mass is 9.87. The average molecular weight is 322 g/mol. The molecule has 3 nitrogen and oxygen atoms in total. The summed E-state index contributed by atoms with van der Waals surface area (Å²) >= 11 is 0. The van der Waals surface area contributed by atoms with Crippen molar-refractivity contribution < 1.29 is 4.79 Å². The van der Waals surface area contributed by atoms with Crippen molar-refractivity contribution >= 4 is 11.6 Å². The van der Waals surface area contributed by atoms with Gasteiger partial charge in [-0.1, -0.05) is 24.3 Å². The molecule has 0 radical (unpaired) electrons. The molecule has 1 atom stereocenters. The van der Waals surface area contributed by atoms with Gasteiger partial charge in [-0.3, -0.25) is 4.79 Å². The molecule has 0 bridgehead atoms. The third-order valence-electron chi connectivity index (χ3n) is 4.93. The van der Waals surface area contributed by atoms with Crippen molar-refractivity contribution in [3.8, 4) is 0 Å². The predicted octanol–water partition coefficient (Wildman–Crippen LogP) is 4.34. The number of amides is 1. The summed E-state index contributed by atoms with van der Waals surface area (Å²) in [5.41, 5.74) is 4.54. The van der Waals surface area contributed by atoms with Crippen molar-refractivity contribution in [2.75, 3.05) is 18.0 Å². The van der Waals surface area contributed by atoms with E-state index in [0.717, 1.165) is 37.9 Å². The Labute approximate surface area is 144 Å².